The van der Waals surface area contributed by atoms with E-state index in [0.717, 1.165) is 0 Å². The quantitative estimate of drug-likeness (QED) is 0.889. The molecule has 122 valence electrons. The lowest BCUT2D eigenvalue weighted by Gasteiger charge is -2.33. The third-order valence-corrected chi connectivity index (χ3v) is 6.20. The summed E-state index contributed by atoms with van der Waals surface area (Å²) in [6.07, 6.45) is 0.480. The van der Waals surface area contributed by atoms with E-state index in [-0.39, 0.29) is 28.3 Å². The number of hydrogen-bond acceptors (Lipinski definition) is 3. The zero-order chi connectivity index (χ0) is 16.5. The largest absolute Gasteiger partial charge is 0.481 e. The van der Waals surface area contributed by atoms with Crippen molar-refractivity contribution in [2.45, 2.75) is 19.1 Å². The van der Waals surface area contributed by atoms with Crippen LogP contribution in [0.4, 0.5) is 0 Å². The van der Waals surface area contributed by atoms with Crippen molar-refractivity contribution in [2.24, 2.45) is 11.8 Å². The molecule has 1 aliphatic rings. The average Bonchev–Trinajstić information content (AvgIpc) is 2.42. The number of nitrogens with zero attached hydrogens (tertiary/aromatic N) is 1. The highest BCUT2D eigenvalue weighted by Crippen LogP contribution is 2.30. The smallest absolute Gasteiger partial charge is 0.307 e. The molecule has 1 heterocycles. The van der Waals surface area contributed by atoms with Gasteiger partial charge in [0.1, 0.15) is 0 Å². The minimum Gasteiger partial charge on any atom is -0.481 e. The van der Waals surface area contributed by atoms with Gasteiger partial charge in [-0.25, -0.2) is 12.7 Å². The van der Waals surface area contributed by atoms with E-state index >= 15 is 0 Å². The summed E-state index contributed by atoms with van der Waals surface area (Å²) >= 11 is 12.0. The molecule has 0 spiro atoms. The lowest BCUT2D eigenvalue weighted by Crippen LogP contribution is -2.45. The molecule has 2 unspecified atom stereocenters. The SMILES string of the molecule is CC1CC(C(=O)O)CN(S(=O)(=O)Cc2c(Cl)cccc2Cl)C1. The molecule has 5 nitrogen and oxygen atoms in total. The van der Waals surface area contributed by atoms with Crippen LogP contribution in [0.2, 0.25) is 10.0 Å². The van der Waals surface area contributed by atoms with Gasteiger partial charge in [0.2, 0.25) is 10.0 Å². The Hall–Kier alpha value is -0.820. The van der Waals surface area contributed by atoms with E-state index in [1.807, 2.05) is 6.92 Å². The predicted octanol–water partition coefficient (Wildman–Crippen LogP) is 2.87. The highest BCUT2D eigenvalue weighted by molar-refractivity contribution is 7.88. The van der Waals surface area contributed by atoms with E-state index in [1.165, 1.54) is 4.31 Å². The van der Waals surface area contributed by atoms with E-state index in [9.17, 15) is 13.2 Å². The number of carboxylic acids is 1. The highest BCUT2D eigenvalue weighted by Gasteiger charge is 2.35. The van der Waals surface area contributed by atoms with Crippen LogP contribution >= 0.6 is 23.2 Å². The van der Waals surface area contributed by atoms with E-state index in [4.69, 9.17) is 28.3 Å². The van der Waals surface area contributed by atoms with Gasteiger partial charge in [-0.3, -0.25) is 4.79 Å². The van der Waals surface area contributed by atoms with Crippen LogP contribution in [0.1, 0.15) is 18.9 Å². The van der Waals surface area contributed by atoms with Gasteiger partial charge in [0.15, 0.2) is 0 Å². The third kappa shape index (κ3) is 3.93. The summed E-state index contributed by atoms with van der Waals surface area (Å²) in [5.41, 5.74) is 0.343. The van der Waals surface area contributed by atoms with Crippen LogP contribution in [-0.4, -0.2) is 36.9 Å². The lowest BCUT2D eigenvalue weighted by molar-refractivity contribution is -0.143. The second-order valence-electron chi connectivity index (χ2n) is 5.65. The Labute approximate surface area is 139 Å². The van der Waals surface area contributed by atoms with Crippen LogP contribution in [0.15, 0.2) is 18.2 Å². The van der Waals surface area contributed by atoms with Crippen molar-refractivity contribution in [3.8, 4) is 0 Å². The van der Waals surface area contributed by atoms with Gasteiger partial charge < -0.3 is 5.11 Å². The molecule has 2 rings (SSSR count). The maximum atomic E-state index is 12.6. The number of hydrogen-bond donors (Lipinski definition) is 1. The molecule has 0 aromatic heterocycles. The van der Waals surface area contributed by atoms with Gasteiger partial charge in [0.25, 0.3) is 0 Å². The number of halogens is 2. The standard InChI is InChI=1S/C14H17Cl2NO4S/c1-9-5-10(14(18)19)7-17(6-9)22(20,21)8-11-12(15)3-2-4-13(11)16/h2-4,9-10H,5-8H2,1H3,(H,18,19). The summed E-state index contributed by atoms with van der Waals surface area (Å²) in [4.78, 5) is 11.2. The monoisotopic (exact) mass is 365 g/mol. The summed E-state index contributed by atoms with van der Waals surface area (Å²) in [6.45, 7) is 2.15. The summed E-state index contributed by atoms with van der Waals surface area (Å²) in [5, 5.41) is 9.73. The first-order valence-corrected chi connectivity index (χ1v) is 9.20. The second kappa shape index (κ2) is 6.74. The van der Waals surface area contributed by atoms with Crippen LogP contribution in [0.5, 0.6) is 0 Å². The van der Waals surface area contributed by atoms with Crippen LogP contribution in [0.25, 0.3) is 0 Å². The van der Waals surface area contributed by atoms with Crippen molar-refractivity contribution < 1.29 is 18.3 Å². The molecule has 22 heavy (non-hydrogen) atoms. The molecule has 1 aromatic carbocycles. The Morgan fingerprint density at radius 2 is 1.91 bits per heavy atom. The minimum absolute atomic E-state index is 0.00802. The number of rotatable bonds is 4. The molecule has 0 radical (unpaired) electrons. The molecule has 0 bridgehead atoms. The normalized spacial score (nSPS) is 23.4. The zero-order valence-electron chi connectivity index (χ0n) is 12.0. The molecule has 1 fully saturated rings. The van der Waals surface area contributed by atoms with Crippen molar-refractivity contribution in [3.63, 3.8) is 0 Å². The van der Waals surface area contributed by atoms with E-state index in [2.05, 4.69) is 0 Å². The molecule has 1 saturated heterocycles. The number of sulfonamides is 1. The second-order valence-corrected chi connectivity index (χ2v) is 8.43. The van der Waals surface area contributed by atoms with E-state index < -0.39 is 21.9 Å². The summed E-state index contributed by atoms with van der Waals surface area (Å²) in [7, 11) is -3.68. The van der Waals surface area contributed by atoms with Gasteiger partial charge in [-0.2, -0.15) is 0 Å². The fourth-order valence-electron chi connectivity index (χ4n) is 2.65. The maximum absolute atomic E-state index is 12.6. The first-order chi connectivity index (χ1) is 10.2. The van der Waals surface area contributed by atoms with Crippen LogP contribution in [-0.2, 0) is 20.6 Å². The van der Waals surface area contributed by atoms with Gasteiger partial charge in [0.05, 0.1) is 11.7 Å². The van der Waals surface area contributed by atoms with Crippen LogP contribution in [0.3, 0.4) is 0 Å². The van der Waals surface area contributed by atoms with Gasteiger partial charge in [-0.05, 0) is 24.5 Å². The number of piperidine rings is 1. The molecule has 0 aliphatic carbocycles. The van der Waals surface area contributed by atoms with Crippen molar-refractivity contribution in [2.75, 3.05) is 13.1 Å². The first kappa shape index (κ1) is 17.5. The Bertz CT molecular complexity index is 657. The van der Waals surface area contributed by atoms with Crippen molar-refractivity contribution in [1.82, 2.24) is 4.31 Å². The van der Waals surface area contributed by atoms with Gasteiger partial charge in [-0.1, -0.05) is 36.2 Å². The topological polar surface area (TPSA) is 74.7 Å². The predicted molar refractivity (Wildman–Crippen MR) is 85.6 cm³/mol. The highest BCUT2D eigenvalue weighted by atomic mass is 35.5. The summed E-state index contributed by atoms with van der Waals surface area (Å²) in [5.74, 6) is -1.99. The molecular formula is C14H17Cl2NO4S. The number of benzene rings is 1. The van der Waals surface area contributed by atoms with Crippen molar-refractivity contribution >= 4 is 39.2 Å². The van der Waals surface area contributed by atoms with E-state index in [1.54, 1.807) is 18.2 Å². The summed E-state index contributed by atoms with van der Waals surface area (Å²) < 4.78 is 26.4. The molecule has 0 amide bonds. The Morgan fingerprint density at radius 1 is 1.32 bits per heavy atom. The molecule has 2 atom stereocenters. The maximum Gasteiger partial charge on any atom is 0.307 e. The van der Waals surface area contributed by atoms with E-state index in [0.29, 0.717) is 18.5 Å². The number of aliphatic carboxylic acids is 1. The number of carbonyl (C=O) groups is 1. The molecular weight excluding hydrogens is 349 g/mol. The Kier molecular flexibility index (Phi) is 5.37. The fraction of sp³-hybridized carbons (Fsp3) is 0.500. The Balaban J connectivity index is 2.24. The van der Waals surface area contributed by atoms with Crippen LogP contribution < -0.4 is 0 Å². The fourth-order valence-corrected chi connectivity index (χ4v) is 5.09. The number of carboxylic acid groups (broad SMARTS) is 1. The van der Waals surface area contributed by atoms with Gasteiger partial charge in [-0.15, -0.1) is 0 Å². The first-order valence-electron chi connectivity index (χ1n) is 6.84. The molecule has 8 heteroatoms. The Morgan fingerprint density at radius 3 is 2.45 bits per heavy atom. The average molecular weight is 366 g/mol. The zero-order valence-corrected chi connectivity index (χ0v) is 14.3. The summed E-state index contributed by atoms with van der Waals surface area (Å²) in [6, 6.07) is 4.80. The van der Waals surface area contributed by atoms with Crippen LogP contribution in [0, 0.1) is 11.8 Å². The molecule has 0 saturated carbocycles. The van der Waals surface area contributed by atoms with Crippen molar-refractivity contribution in [3.05, 3.63) is 33.8 Å². The van der Waals surface area contributed by atoms with Crippen molar-refractivity contribution in [1.29, 1.82) is 0 Å². The third-order valence-electron chi connectivity index (χ3n) is 3.76. The minimum atomic E-state index is -3.68. The molecule has 1 aromatic rings. The molecule has 1 aliphatic heterocycles. The molecule has 1 N–H and O–H groups in total. The van der Waals surface area contributed by atoms with Gasteiger partial charge >= 0.3 is 5.97 Å². The van der Waals surface area contributed by atoms with Gasteiger partial charge in [0, 0.05) is 28.7 Å². The lowest BCUT2D eigenvalue weighted by atomic mass is 9.92.